The maximum absolute atomic E-state index is 12.1. The van der Waals surface area contributed by atoms with Crippen LogP contribution in [0.1, 0.15) is 37.5 Å². The van der Waals surface area contributed by atoms with Gasteiger partial charge in [-0.2, -0.15) is 5.10 Å². The van der Waals surface area contributed by atoms with E-state index in [1.54, 1.807) is 0 Å². The van der Waals surface area contributed by atoms with Gasteiger partial charge in [0.1, 0.15) is 5.82 Å². The lowest BCUT2D eigenvalue weighted by Crippen LogP contribution is -2.46. The van der Waals surface area contributed by atoms with Gasteiger partial charge in [0.25, 0.3) is 0 Å². The van der Waals surface area contributed by atoms with Crippen LogP contribution >= 0.6 is 0 Å². The van der Waals surface area contributed by atoms with Crippen molar-refractivity contribution in [2.75, 3.05) is 33.7 Å². The molecule has 1 aromatic rings. The molecule has 1 aliphatic rings. The third-order valence-electron chi connectivity index (χ3n) is 4.08. The number of amides is 1. The molecule has 1 fully saturated rings. The molecule has 1 amide bonds. The summed E-state index contributed by atoms with van der Waals surface area (Å²) in [5.74, 6) is 1.41. The zero-order valence-corrected chi connectivity index (χ0v) is 13.4. The Kier molecular flexibility index (Phi) is 5.30. The molecular weight excluding hydrogens is 268 g/mol. The highest BCUT2D eigenvalue weighted by Crippen LogP contribution is 2.14. The van der Waals surface area contributed by atoms with Crippen molar-refractivity contribution in [1.29, 1.82) is 0 Å². The van der Waals surface area contributed by atoms with Crippen molar-refractivity contribution in [1.82, 2.24) is 30.3 Å². The average molecular weight is 294 g/mol. The number of aromatic amines is 1. The molecule has 118 valence electrons. The second-order valence-corrected chi connectivity index (χ2v) is 6.02. The van der Waals surface area contributed by atoms with Crippen molar-refractivity contribution in [3.63, 3.8) is 0 Å². The van der Waals surface area contributed by atoms with Crippen LogP contribution in [0, 0.1) is 6.92 Å². The minimum atomic E-state index is -0.173. The van der Waals surface area contributed by atoms with Gasteiger partial charge in [-0.25, -0.2) is 4.98 Å². The van der Waals surface area contributed by atoms with Crippen LogP contribution in [0.15, 0.2) is 0 Å². The quantitative estimate of drug-likeness (QED) is 0.817. The Labute approximate surface area is 126 Å². The smallest absolute Gasteiger partial charge is 0.234 e. The summed E-state index contributed by atoms with van der Waals surface area (Å²) in [6.45, 7) is 6.37. The largest absolute Gasteiger partial charge is 0.345 e. The fourth-order valence-electron chi connectivity index (χ4n) is 2.70. The monoisotopic (exact) mass is 294 g/mol. The minimum absolute atomic E-state index is 0.0198. The molecule has 0 saturated carbocycles. The Morgan fingerprint density at radius 2 is 2.19 bits per heavy atom. The van der Waals surface area contributed by atoms with Gasteiger partial charge >= 0.3 is 0 Å². The fraction of sp³-hybridized carbons (Fsp3) is 0.786. The molecule has 7 heteroatoms. The van der Waals surface area contributed by atoms with Crippen molar-refractivity contribution in [3.05, 3.63) is 11.6 Å². The maximum Gasteiger partial charge on any atom is 0.234 e. The molecule has 0 aromatic carbocycles. The van der Waals surface area contributed by atoms with Gasteiger partial charge in [0.05, 0.1) is 12.6 Å². The standard InChI is InChI=1S/C14H26N6O/c1-10(14-16-11(2)17-18-14)15-13(21)9-20(4)12-5-7-19(3)8-6-12/h10,12H,5-9H2,1-4H3,(H,15,21)(H,16,17,18)/t10-/m1/s1. The second-order valence-electron chi connectivity index (χ2n) is 6.02. The summed E-state index contributed by atoms with van der Waals surface area (Å²) < 4.78 is 0. The molecule has 0 aliphatic carbocycles. The van der Waals surface area contributed by atoms with Crippen LogP contribution in [0.3, 0.4) is 0 Å². The van der Waals surface area contributed by atoms with E-state index in [2.05, 4.69) is 37.3 Å². The number of carbonyl (C=O) groups is 1. The van der Waals surface area contributed by atoms with Gasteiger partial charge in [0.15, 0.2) is 5.82 Å². The molecule has 0 bridgehead atoms. The molecular formula is C14H26N6O. The Morgan fingerprint density at radius 3 is 2.76 bits per heavy atom. The van der Waals surface area contributed by atoms with Gasteiger partial charge in [-0.3, -0.25) is 14.8 Å². The number of rotatable bonds is 5. The third-order valence-corrected chi connectivity index (χ3v) is 4.08. The van der Waals surface area contributed by atoms with Crippen LogP contribution in [0.2, 0.25) is 0 Å². The number of likely N-dealkylation sites (N-methyl/N-ethyl adjacent to an activating group) is 1. The highest BCUT2D eigenvalue weighted by atomic mass is 16.2. The van der Waals surface area contributed by atoms with Crippen LogP contribution < -0.4 is 5.32 Å². The molecule has 2 rings (SSSR count). The molecule has 7 nitrogen and oxygen atoms in total. The van der Waals surface area contributed by atoms with Crippen LogP contribution in [0.4, 0.5) is 0 Å². The summed E-state index contributed by atoms with van der Waals surface area (Å²) >= 11 is 0. The molecule has 21 heavy (non-hydrogen) atoms. The summed E-state index contributed by atoms with van der Waals surface area (Å²) in [6, 6.07) is 0.321. The SMILES string of the molecule is Cc1nc([C@@H](C)NC(=O)CN(C)C2CCN(C)CC2)n[nH]1. The first-order valence-corrected chi connectivity index (χ1v) is 7.52. The van der Waals surface area contributed by atoms with Crippen molar-refractivity contribution >= 4 is 5.91 Å². The lowest BCUT2D eigenvalue weighted by atomic mass is 10.0. The van der Waals surface area contributed by atoms with Crippen molar-refractivity contribution in [2.24, 2.45) is 0 Å². The van der Waals surface area contributed by atoms with E-state index in [-0.39, 0.29) is 11.9 Å². The zero-order chi connectivity index (χ0) is 15.4. The molecule has 1 atom stereocenters. The molecule has 1 aliphatic heterocycles. The van der Waals surface area contributed by atoms with E-state index in [0.29, 0.717) is 18.4 Å². The van der Waals surface area contributed by atoms with Crippen molar-refractivity contribution in [2.45, 2.75) is 38.8 Å². The molecule has 2 heterocycles. The van der Waals surface area contributed by atoms with E-state index in [4.69, 9.17) is 0 Å². The Morgan fingerprint density at radius 1 is 1.52 bits per heavy atom. The summed E-state index contributed by atoms with van der Waals surface area (Å²) in [5.41, 5.74) is 0. The normalized spacial score (nSPS) is 18.9. The second kappa shape index (κ2) is 7.00. The number of nitrogens with one attached hydrogen (secondary N) is 2. The fourth-order valence-corrected chi connectivity index (χ4v) is 2.70. The molecule has 0 spiro atoms. The molecule has 1 saturated heterocycles. The Balaban J connectivity index is 1.78. The number of aryl methyl sites for hydroxylation is 1. The van der Waals surface area contributed by atoms with Crippen LogP contribution in [0.5, 0.6) is 0 Å². The first-order chi connectivity index (χ1) is 9.95. The minimum Gasteiger partial charge on any atom is -0.345 e. The van der Waals surface area contributed by atoms with E-state index in [1.165, 1.54) is 0 Å². The number of hydrogen-bond donors (Lipinski definition) is 2. The Bertz CT molecular complexity index is 466. The van der Waals surface area contributed by atoms with Crippen LogP contribution in [0.25, 0.3) is 0 Å². The van der Waals surface area contributed by atoms with Gasteiger partial charge in [0.2, 0.25) is 5.91 Å². The van der Waals surface area contributed by atoms with Gasteiger partial charge in [-0.1, -0.05) is 0 Å². The summed E-state index contributed by atoms with van der Waals surface area (Å²) in [7, 11) is 4.17. The van der Waals surface area contributed by atoms with Crippen LogP contribution in [-0.4, -0.2) is 70.7 Å². The summed E-state index contributed by atoms with van der Waals surface area (Å²) in [4.78, 5) is 20.8. The number of carbonyl (C=O) groups excluding carboxylic acids is 1. The first-order valence-electron chi connectivity index (χ1n) is 7.52. The van der Waals surface area contributed by atoms with E-state index in [9.17, 15) is 4.79 Å². The lowest BCUT2D eigenvalue weighted by Gasteiger charge is -2.34. The number of piperidine rings is 1. The van der Waals surface area contributed by atoms with E-state index < -0.39 is 0 Å². The highest BCUT2D eigenvalue weighted by molar-refractivity contribution is 5.78. The number of aromatic nitrogens is 3. The number of nitrogens with zero attached hydrogens (tertiary/aromatic N) is 4. The van der Waals surface area contributed by atoms with Crippen molar-refractivity contribution < 1.29 is 4.79 Å². The highest BCUT2D eigenvalue weighted by Gasteiger charge is 2.22. The Hall–Kier alpha value is -1.47. The predicted octanol–water partition coefficient (Wildman–Crippen LogP) is 0.316. The van der Waals surface area contributed by atoms with Gasteiger partial charge in [-0.15, -0.1) is 0 Å². The van der Waals surface area contributed by atoms with Crippen LogP contribution in [-0.2, 0) is 4.79 Å². The molecule has 1 aromatic heterocycles. The van der Waals surface area contributed by atoms with E-state index >= 15 is 0 Å². The predicted molar refractivity (Wildman–Crippen MR) is 80.8 cm³/mol. The number of H-pyrrole nitrogens is 1. The molecule has 0 unspecified atom stereocenters. The number of likely N-dealkylation sites (tertiary alicyclic amines) is 1. The van der Waals surface area contributed by atoms with E-state index in [0.717, 1.165) is 31.8 Å². The summed E-state index contributed by atoms with van der Waals surface area (Å²) in [6.07, 6.45) is 2.24. The van der Waals surface area contributed by atoms with Gasteiger partial charge < -0.3 is 10.2 Å². The van der Waals surface area contributed by atoms with Gasteiger partial charge in [-0.05, 0) is 53.9 Å². The first kappa shape index (κ1) is 15.9. The number of hydrogen-bond acceptors (Lipinski definition) is 5. The average Bonchev–Trinajstić information content (AvgIpc) is 2.86. The zero-order valence-electron chi connectivity index (χ0n) is 13.4. The van der Waals surface area contributed by atoms with E-state index in [1.807, 2.05) is 20.9 Å². The van der Waals surface area contributed by atoms with Crippen molar-refractivity contribution in [3.8, 4) is 0 Å². The lowest BCUT2D eigenvalue weighted by molar-refractivity contribution is -0.123. The maximum atomic E-state index is 12.1. The molecule has 2 N–H and O–H groups in total. The molecule has 0 radical (unpaired) electrons. The van der Waals surface area contributed by atoms with Gasteiger partial charge in [0, 0.05) is 6.04 Å². The third kappa shape index (κ3) is 4.50. The summed E-state index contributed by atoms with van der Waals surface area (Å²) in [5, 5.41) is 9.82. The topological polar surface area (TPSA) is 77.2 Å².